The fourth-order valence-electron chi connectivity index (χ4n) is 4.00. The Morgan fingerprint density at radius 3 is 2.58 bits per heavy atom. The van der Waals surface area contributed by atoms with Crippen LogP contribution in [0.2, 0.25) is 0 Å². The molecule has 26 heavy (non-hydrogen) atoms. The highest BCUT2D eigenvalue weighted by atomic mass is 16.4. The number of amides is 1. The Morgan fingerprint density at radius 2 is 2.00 bits per heavy atom. The monoisotopic (exact) mass is 358 g/mol. The summed E-state index contributed by atoms with van der Waals surface area (Å²) in [6.07, 6.45) is 3.61. The molecule has 0 radical (unpaired) electrons. The second-order valence-electron chi connectivity index (χ2n) is 7.41. The first-order valence-electron chi connectivity index (χ1n) is 9.14. The maximum atomic E-state index is 13.1. The number of aromatic nitrogens is 3. The molecule has 3 rings (SSSR count). The molecule has 2 aromatic heterocycles. The summed E-state index contributed by atoms with van der Waals surface area (Å²) in [5, 5.41) is 17.7. The average Bonchev–Trinajstić information content (AvgIpc) is 2.88. The van der Waals surface area contributed by atoms with Crippen LogP contribution in [0.25, 0.3) is 11.0 Å². The van der Waals surface area contributed by atoms with E-state index in [0.717, 1.165) is 19.3 Å². The van der Waals surface area contributed by atoms with Crippen LogP contribution >= 0.6 is 0 Å². The largest absolute Gasteiger partial charge is 0.480 e. The van der Waals surface area contributed by atoms with Crippen molar-refractivity contribution >= 4 is 22.9 Å². The van der Waals surface area contributed by atoms with E-state index >= 15 is 0 Å². The van der Waals surface area contributed by atoms with Crippen molar-refractivity contribution < 1.29 is 14.7 Å². The second-order valence-corrected chi connectivity index (χ2v) is 7.41. The first kappa shape index (κ1) is 18.4. The van der Waals surface area contributed by atoms with Crippen molar-refractivity contribution in [2.75, 3.05) is 0 Å². The molecule has 1 fully saturated rings. The predicted molar refractivity (Wildman–Crippen MR) is 98.1 cm³/mol. The number of fused-ring (bicyclic) bond motifs is 1. The van der Waals surface area contributed by atoms with E-state index < -0.39 is 11.5 Å². The fourth-order valence-corrected chi connectivity index (χ4v) is 4.00. The molecule has 2 N–H and O–H groups in total. The molecule has 7 heteroatoms. The molecule has 1 aliphatic carbocycles. The molecule has 0 atom stereocenters. The highest BCUT2D eigenvalue weighted by Gasteiger charge is 2.43. The van der Waals surface area contributed by atoms with E-state index in [1.165, 1.54) is 0 Å². The van der Waals surface area contributed by atoms with Gasteiger partial charge >= 0.3 is 5.97 Å². The third kappa shape index (κ3) is 3.06. The zero-order chi connectivity index (χ0) is 19.1. The summed E-state index contributed by atoms with van der Waals surface area (Å²) in [6, 6.07) is 1.71. The Balaban J connectivity index is 1.97. The molecule has 0 spiro atoms. The van der Waals surface area contributed by atoms with Crippen LogP contribution in [0.1, 0.15) is 60.8 Å². The van der Waals surface area contributed by atoms with Crippen LogP contribution in [0.4, 0.5) is 0 Å². The molecule has 1 aliphatic rings. The summed E-state index contributed by atoms with van der Waals surface area (Å²) in [5.41, 5.74) is 1.29. The lowest BCUT2D eigenvalue weighted by molar-refractivity contribution is -0.146. The first-order valence-corrected chi connectivity index (χ1v) is 9.14. The average molecular weight is 358 g/mol. The number of aliphatic carboxylic acids is 1. The molecule has 1 saturated carbocycles. The van der Waals surface area contributed by atoms with E-state index in [1.807, 2.05) is 13.8 Å². The van der Waals surface area contributed by atoms with Gasteiger partial charge in [0, 0.05) is 12.7 Å². The van der Waals surface area contributed by atoms with Crippen LogP contribution in [0, 0.1) is 19.8 Å². The van der Waals surface area contributed by atoms with Gasteiger partial charge in [-0.2, -0.15) is 5.10 Å². The summed E-state index contributed by atoms with van der Waals surface area (Å²) < 4.78 is 1.65. The second kappa shape index (κ2) is 6.70. The van der Waals surface area contributed by atoms with Gasteiger partial charge in [-0.05, 0) is 51.5 Å². The number of hydrogen-bond acceptors (Lipinski definition) is 4. The van der Waals surface area contributed by atoms with E-state index in [0.29, 0.717) is 46.7 Å². The van der Waals surface area contributed by atoms with Crippen molar-refractivity contribution in [2.24, 2.45) is 13.0 Å². The topological polar surface area (TPSA) is 97.1 Å². The van der Waals surface area contributed by atoms with Gasteiger partial charge < -0.3 is 10.4 Å². The van der Waals surface area contributed by atoms with Gasteiger partial charge in [0.15, 0.2) is 5.65 Å². The molecule has 0 aromatic carbocycles. The Labute approximate surface area is 152 Å². The van der Waals surface area contributed by atoms with Crippen molar-refractivity contribution in [3.8, 4) is 0 Å². The highest BCUT2D eigenvalue weighted by molar-refractivity contribution is 6.08. The number of carboxylic acid groups (broad SMARTS) is 1. The molecule has 1 amide bonds. The van der Waals surface area contributed by atoms with Crippen LogP contribution in [0.3, 0.4) is 0 Å². The Morgan fingerprint density at radius 1 is 1.35 bits per heavy atom. The lowest BCUT2D eigenvalue weighted by atomic mass is 9.75. The van der Waals surface area contributed by atoms with E-state index in [2.05, 4.69) is 22.3 Å². The first-order chi connectivity index (χ1) is 12.3. The number of carbonyl (C=O) groups excluding carboxylic acids is 1. The Bertz CT molecular complexity index is 863. The van der Waals surface area contributed by atoms with Gasteiger partial charge in [-0.3, -0.25) is 9.48 Å². The van der Waals surface area contributed by atoms with E-state index in [9.17, 15) is 14.7 Å². The SMILES string of the molecule is CCC1CCC(NC(=O)c2cc(C)nc3c2c(C)nn3C)(C(=O)O)CC1. The summed E-state index contributed by atoms with van der Waals surface area (Å²) in [7, 11) is 1.79. The number of rotatable bonds is 4. The lowest BCUT2D eigenvalue weighted by Gasteiger charge is -2.37. The van der Waals surface area contributed by atoms with Gasteiger partial charge in [-0.15, -0.1) is 0 Å². The van der Waals surface area contributed by atoms with Gasteiger partial charge in [0.25, 0.3) is 5.91 Å². The molecular formula is C19H26N4O3. The molecule has 140 valence electrons. The molecule has 2 aromatic rings. The third-order valence-corrected chi connectivity index (χ3v) is 5.64. The van der Waals surface area contributed by atoms with Crippen molar-refractivity contribution in [2.45, 2.75) is 58.4 Å². The Hall–Kier alpha value is -2.44. The number of pyridine rings is 1. The molecular weight excluding hydrogens is 332 g/mol. The number of carbonyl (C=O) groups is 2. The number of aryl methyl sites for hydroxylation is 3. The van der Waals surface area contributed by atoms with Crippen LogP contribution in [-0.4, -0.2) is 37.3 Å². The summed E-state index contributed by atoms with van der Waals surface area (Å²) in [5.74, 6) is -0.783. The van der Waals surface area contributed by atoms with Crippen molar-refractivity contribution in [3.05, 3.63) is 23.0 Å². The minimum absolute atomic E-state index is 0.367. The standard InChI is InChI=1S/C19H26N4O3/c1-5-13-6-8-19(9-7-13,18(25)26)21-17(24)14-10-11(2)20-16-15(14)12(3)22-23(16)4/h10,13H,5-9H2,1-4H3,(H,21,24)(H,25,26). The van der Waals surface area contributed by atoms with Crippen LogP contribution in [-0.2, 0) is 11.8 Å². The van der Waals surface area contributed by atoms with Crippen LogP contribution < -0.4 is 5.32 Å². The third-order valence-electron chi connectivity index (χ3n) is 5.64. The highest BCUT2D eigenvalue weighted by Crippen LogP contribution is 2.34. The van der Waals surface area contributed by atoms with Crippen LogP contribution in [0.15, 0.2) is 6.07 Å². The van der Waals surface area contributed by atoms with Gasteiger partial charge in [0.1, 0.15) is 5.54 Å². The predicted octanol–water partition coefficient (Wildman–Crippen LogP) is 2.74. The van der Waals surface area contributed by atoms with Crippen molar-refractivity contribution in [3.63, 3.8) is 0 Å². The van der Waals surface area contributed by atoms with Gasteiger partial charge in [-0.1, -0.05) is 13.3 Å². The van der Waals surface area contributed by atoms with Gasteiger partial charge in [-0.25, -0.2) is 9.78 Å². The number of carboxylic acids is 1. The smallest absolute Gasteiger partial charge is 0.329 e. The number of hydrogen-bond donors (Lipinski definition) is 2. The van der Waals surface area contributed by atoms with E-state index in [4.69, 9.17) is 0 Å². The minimum atomic E-state index is -1.19. The quantitative estimate of drug-likeness (QED) is 0.876. The van der Waals surface area contributed by atoms with Crippen molar-refractivity contribution in [1.82, 2.24) is 20.1 Å². The molecule has 0 bridgehead atoms. The van der Waals surface area contributed by atoms with Crippen LogP contribution in [0.5, 0.6) is 0 Å². The molecule has 0 aliphatic heterocycles. The summed E-state index contributed by atoms with van der Waals surface area (Å²) in [6.45, 7) is 5.77. The zero-order valence-corrected chi connectivity index (χ0v) is 15.8. The zero-order valence-electron chi connectivity index (χ0n) is 15.8. The Kier molecular flexibility index (Phi) is 4.73. The lowest BCUT2D eigenvalue weighted by Crippen LogP contribution is -2.56. The maximum absolute atomic E-state index is 13.1. The number of nitrogens with zero attached hydrogens (tertiary/aromatic N) is 3. The number of nitrogens with one attached hydrogen (secondary N) is 1. The summed E-state index contributed by atoms with van der Waals surface area (Å²) >= 11 is 0. The normalized spacial score (nSPS) is 23.2. The molecule has 0 unspecified atom stereocenters. The van der Waals surface area contributed by atoms with Gasteiger partial charge in [0.2, 0.25) is 0 Å². The fraction of sp³-hybridized carbons (Fsp3) is 0.579. The molecule has 0 saturated heterocycles. The molecule has 2 heterocycles. The minimum Gasteiger partial charge on any atom is -0.480 e. The molecule has 7 nitrogen and oxygen atoms in total. The van der Waals surface area contributed by atoms with Crippen molar-refractivity contribution in [1.29, 1.82) is 0 Å². The summed E-state index contributed by atoms with van der Waals surface area (Å²) in [4.78, 5) is 29.5. The van der Waals surface area contributed by atoms with Gasteiger partial charge in [0.05, 0.1) is 16.6 Å². The van der Waals surface area contributed by atoms with E-state index in [1.54, 1.807) is 17.8 Å². The maximum Gasteiger partial charge on any atom is 0.329 e. The van der Waals surface area contributed by atoms with E-state index in [-0.39, 0.29) is 5.91 Å².